The summed E-state index contributed by atoms with van der Waals surface area (Å²) in [5.74, 6) is 0.254. The molecule has 28 heavy (non-hydrogen) atoms. The molecule has 3 saturated heterocycles. The number of likely N-dealkylation sites (tertiary alicyclic amines) is 2. The minimum atomic E-state index is -0.677. The lowest BCUT2D eigenvalue weighted by atomic mass is 9.64. The van der Waals surface area contributed by atoms with Gasteiger partial charge in [-0.2, -0.15) is 0 Å². The average Bonchev–Trinajstić information content (AvgIpc) is 3.27. The Morgan fingerprint density at radius 1 is 1.00 bits per heavy atom. The molecule has 0 aromatic rings. The molecule has 2 spiro atoms. The van der Waals surface area contributed by atoms with Crippen molar-refractivity contribution in [1.29, 1.82) is 0 Å². The van der Waals surface area contributed by atoms with Crippen LogP contribution in [0, 0.1) is 11.3 Å². The zero-order valence-electron chi connectivity index (χ0n) is 17.2. The number of fused-ring (bicyclic) bond motifs is 2. The van der Waals surface area contributed by atoms with Gasteiger partial charge in [0.25, 0.3) is 0 Å². The van der Waals surface area contributed by atoms with Crippen LogP contribution in [0.2, 0.25) is 0 Å². The first-order chi connectivity index (χ1) is 13.5. The predicted octanol–water partition coefficient (Wildman–Crippen LogP) is 3.12. The second kappa shape index (κ2) is 7.21. The summed E-state index contributed by atoms with van der Waals surface area (Å²) >= 11 is 0. The van der Waals surface area contributed by atoms with Gasteiger partial charge in [0.05, 0.1) is 13.2 Å². The van der Waals surface area contributed by atoms with Crippen LogP contribution in [0.4, 0.5) is 4.39 Å². The van der Waals surface area contributed by atoms with E-state index in [1.165, 1.54) is 0 Å². The van der Waals surface area contributed by atoms with Gasteiger partial charge in [-0.25, -0.2) is 4.39 Å². The van der Waals surface area contributed by atoms with E-state index >= 15 is 0 Å². The number of hydrogen-bond donors (Lipinski definition) is 0. The SMILES string of the molecule is CC(=O)N1CC2(CCN(C3CCC4(CC3)OCCO4)CC2)C2CC(F)CC[C@@H]21. The average molecular weight is 395 g/mol. The third-order valence-corrected chi connectivity index (χ3v) is 8.67. The smallest absolute Gasteiger partial charge is 0.219 e. The van der Waals surface area contributed by atoms with Crippen LogP contribution in [0.5, 0.6) is 0 Å². The Hall–Kier alpha value is -0.720. The molecule has 0 aromatic carbocycles. The minimum Gasteiger partial charge on any atom is -0.348 e. The molecule has 0 bridgehead atoms. The van der Waals surface area contributed by atoms with E-state index in [0.29, 0.717) is 24.8 Å². The lowest BCUT2D eigenvalue weighted by molar-refractivity contribution is -0.185. The topological polar surface area (TPSA) is 42.0 Å². The largest absolute Gasteiger partial charge is 0.348 e. The van der Waals surface area contributed by atoms with E-state index in [1.807, 2.05) is 0 Å². The van der Waals surface area contributed by atoms with E-state index in [2.05, 4.69) is 9.80 Å². The molecule has 5 aliphatic rings. The third-order valence-electron chi connectivity index (χ3n) is 8.67. The maximum absolute atomic E-state index is 14.3. The van der Waals surface area contributed by atoms with E-state index in [-0.39, 0.29) is 23.2 Å². The number of rotatable bonds is 1. The number of amides is 1. The molecule has 5 nitrogen and oxygen atoms in total. The summed E-state index contributed by atoms with van der Waals surface area (Å²) in [7, 11) is 0. The van der Waals surface area contributed by atoms with Crippen LogP contribution in [-0.4, -0.2) is 72.6 Å². The molecular formula is C22H35FN2O3. The van der Waals surface area contributed by atoms with Crippen molar-refractivity contribution in [3.63, 3.8) is 0 Å². The van der Waals surface area contributed by atoms with Crippen molar-refractivity contribution < 1.29 is 18.7 Å². The Labute approximate surface area is 167 Å². The maximum Gasteiger partial charge on any atom is 0.219 e. The van der Waals surface area contributed by atoms with Gasteiger partial charge in [-0.15, -0.1) is 0 Å². The Bertz CT molecular complexity index is 591. The van der Waals surface area contributed by atoms with Crippen molar-refractivity contribution in [2.24, 2.45) is 11.3 Å². The van der Waals surface area contributed by atoms with Gasteiger partial charge in [0.1, 0.15) is 6.17 Å². The lowest BCUT2D eigenvalue weighted by Crippen LogP contribution is -2.51. The molecule has 3 atom stereocenters. The molecule has 6 heteroatoms. The fourth-order valence-corrected chi connectivity index (χ4v) is 7.11. The molecule has 0 N–H and O–H groups in total. The van der Waals surface area contributed by atoms with Crippen LogP contribution >= 0.6 is 0 Å². The van der Waals surface area contributed by atoms with E-state index in [4.69, 9.17) is 9.47 Å². The Morgan fingerprint density at radius 2 is 1.68 bits per heavy atom. The van der Waals surface area contributed by atoms with Crippen molar-refractivity contribution in [3.05, 3.63) is 0 Å². The second-order valence-electron chi connectivity index (χ2n) is 9.97. The summed E-state index contributed by atoms with van der Waals surface area (Å²) in [6.45, 7) is 6.20. The van der Waals surface area contributed by atoms with Crippen LogP contribution in [0.25, 0.3) is 0 Å². The van der Waals surface area contributed by atoms with Crippen molar-refractivity contribution >= 4 is 5.91 Å². The predicted molar refractivity (Wildman–Crippen MR) is 104 cm³/mol. The monoisotopic (exact) mass is 394 g/mol. The van der Waals surface area contributed by atoms with Gasteiger partial charge in [0.15, 0.2) is 5.79 Å². The molecule has 1 amide bonds. The Kier molecular flexibility index (Phi) is 4.96. The molecule has 2 unspecified atom stereocenters. The highest BCUT2D eigenvalue weighted by Crippen LogP contribution is 2.53. The molecule has 3 heterocycles. The molecule has 5 rings (SSSR count). The van der Waals surface area contributed by atoms with E-state index in [9.17, 15) is 9.18 Å². The number of nitrogens with zero attached hydrogens (tertiary/aromatic N) is 2. The van der Waals surface area contributed by atoms with Crippen LogP contribution in [0.1, 0.15) is 64.7 Å². The van der Waals surface area contributed by atoms with Gasteiger partial charge < -0.3 is 19.3 Å². The zero-order chi connectivity index (χ0) is 19.4. The summed E-state index contributed by atoms with van der Waals surface area (Å²) in [4.78, 5) is 17.0. The number of piperidine rings is 1. The first kappa shape index (κ1) is 19.3. The van der Waals surface area contributed by atoms with Gasteiger partial charge in [0, 0.05) is 38.4 Å². The first-order valence-corrected chi connectivity index (χ1v) is 11.4. The number of carbonyl (C=O) groups is 1. The zero-order valence-corrected chi connectivity index (χ0v) is 17.2. The summed E-state index contributed by atoms with van der Waals surface area (Å²) in [5, 5.41) is 0. The van der Waals surface area contributed by atoms with Crippen LogP contribution in [0.3, 0.4) is 0 Å². The van der Waals surface area contributed by atoms with Crippen LogP contribution < -0.4 is 0 Å². The normalized spacial score (nSPS) is 38.2. The summed E-state index contributed by atoms with van der Waals surface area (Å²) in [6.07, 6.45) is 7.98. The van der Waals surface area contributed by atoms with Crippen molar-refractivity contribution in [2.45, 2.75) is 88.8 Å². The third kappa shape index (κ3) is 3.20. The highest BCUT2D eigenvalue weighted by Gasteiger charge is 2.56. The number of ether oxygens (including phenoxy) is 2. The molecule has 2 aliphatic carbocycles. The summed E-state index contributed by atoms with van der Waals surface area (Å²) < 4.78 is 26.0. The quantitative estimate of drug-likeness (QED) is 0.685. The van der Waals surface area contributed by atoms with E-state index < -0.39 is 6.17 Å². The summed E-state index contributed by atoms with van der Waals surface area (Å²) in [5.41, 5.74) is 0.144. The van der Waals surface area contributed by atoms with Gasteiger partial charge in [-0.3, -0.25) is 4.79 Å². The summed E-state index contributed by atoms with van der Waals surface area (Å²) in [6, 6.07) is 0.902. The standard InChI is InChI=1S/C22H35FN2O3/c1-16(26)25-15-21(19-14-17(23)2-3-20(19)25)8-10-24(11-9-21)18-4-6-22(7-5-18)27-12-13-28-22/h17-20H,2-15H2,1H3/t17?,19?,20-/m0/s1. The van der Waals surface area contributed by atoms with Crippen LogP contribution in [0.15, 0.2) is 0 Å². The first-order valence-electron chi connectivity index (χ1n) is 11.4. The van der Waals surface area contributed by atoms with Gasteiger partial charge >= 0.3 is 0 Å². The van der Waals surface area contributed by atoms with Crippen molar-refractivity contribution in [1.82, 2.24) is 9.80 Å². The van der Waals surface area contributed by atoms with E-state index in [1.54, 1.807) is 6.92 Å². The van der Waals surface area contributed by atoms with Crippen molar-refractivity contribution in [2.75, 3.05) is 32.8 Å². The second-order valence-corrected chi connectivity index (χ2v) is 9.97. The maximum atomic E-state index is 14.3. The molecular weight excluding hydrogens is 359 g/mol. The fraction of sp³-hybridized carbons (Fsp3) is 0.955. The minimum absolute atomic E-state index is 0.144. The fourth-order valence-electron chi connectivity index (χ4n) is 7.11. The Morgan fingerprint density at radius 3 is 2.32 bits per heavy atom. The molecule has 5 fully saturated rings. The number of halogens is 1. The van der Waals surface area contributed by atoms with Gasteiger partial charge in [-0.1, -0.05) is 0 Å². The molecule has 2 saturated carbocycles. The molecule has 3 aliphatic heterocycles. The van der Waals surface area contributed by atoms with Crippen LogP contribution in [-0.2, 0) is 14.3 Å². The Balaban J connectivity index is 1.23. The number of hydrogen-bond acceptors (Lipinski definition) is 4. The van der Waals surface area contributed by atoms with E-state index in [0.717, 1.165) is 77.8 Å². The molecule has 0 aromatic heterocycles. The highest BCUT2D eigenvalue weighted by atomic mass is 19.1. The molecule has 158 valence electrons. The van der Waals surface area contributed by atoms with Crippen molar-refractivity contribution in [3.8, 4) is 0 Å². The molecule has 0 radical (unpaired) electrons. The van der Waals surface area contributed by atoms with Gasteiger partial charge in [0.2, 0.25) is 5.91 Å². The highest BCUT2D eigenvalue weighted by molar-refractivity contribution is 5.74. The van der Waals surface area contributed by atoms with Gasteiger partial charge in [-0.05, 0) is 69.4 Å². The number of alkyl halides is 1. The number of carbonyl (C=O) groups excluding carboxylic acids is 1. The lowest BCUT2D eigenvalue weighted by Gasteiger charge is -2.48.